The maximum atomic E-state index is 4.67. The Morgan fingerprint density at radius 3 is 1.61 bits per heavy atom. The first-order valence-electron chi connectivity index (χ1n) is 14.0. The summed E-state index contributed by atoms with van der Waals surface area (Å²) in [7, 11) is 0. The largest absolute Gasteiger partial charge is 0.293 e. The van der Waals surface area contributed by atoms with Gasteiger partial charge >= 0.3 is 0 Å². The molecule has 6 aromatic rings. The highest BCUT2D eigenvalue weighted by molar-refractivity contribution is 6.03. The minimum absolute atomic E-state index is 0.712. The minimum Gasteiger partial charge on any atom is -0.293 e. The number of allylic oxidation sites excluding steroid dienone is 1. The van der Waals surface area contributed by atoms with E-state index in [0.29, 0.717) is 5.82 Å². The van der Waals surface area contributed by atoms with Gasteiger partial charge in [-0.05, 0) is 98.9 Å². The molecular formula is C35H32N6. The number of anilines is 4. The summed E-state index contributed by atoms with van der Waals surface area (Å²) in [4.78, 5) is 9.51. The normalized spacial score (nSPS) is 13.6. The van der Waals surface area contributed by atoms with Crippen LogP contribution in [-0.2, 0) is 0 Å². The summed E-state index contributed by atoms with van der Waals surface area (Å²) in [6, 6.07) is 26.3. The van der Waals surface area contributed by atoms with Crippen LogP contribution in [0, 0.1) is 41.5 Å². The predicted molar refractivity (Wildman–Crippen MR) is 168 cm³/mol. The van der Waals surface area contributed by atoms with Crippen LogP contribution in [0.2, 0.25) is 0 Å². The van der Waals surface area contributed by atoms with E-state index in [2.05, 4.69) is 138 Å². The monoisotopic (exact) mass is 536 g/mol. The van der Waals surface area contributed by atoms with Crippen molar-refractivity contribution in [3.8, 4) is 0 Å². The number of hydrogen-bond acceptors (Lipinski definition) is 5. The lowest BCUT2D eigenvalue weighted by atomic mass is 10.0. The summed E-state index contributed by atoms with van der Waals surface area (Å²) in [5.41, 5.74) is 11.3. The Hall–Kier alpha value is -4.97. The number of aryl methyl sites for hydroxylation is 6. The third-order valence-electron chi connectivity index (χ3n) is 8.08. The molecule has 41 heavy (non-hydrogen) atoms. The van der Waals surface area contributed by atoms with Gasteiger partial charge in [-0.25, -0.2) is 4.98 Å². The molecule has 1 aliphatic rings. The molecule has 0 N–H and O–H groups in total. The van der Waals surface area contributed by atoms with Gasteiger partial charge in [0.05, 0.1) is 28.4 Å². The number of fused-ring (bicyclic) bond motifs is 3. The molecule has 6 heteroatoms. The number of aromatic nitrogens is 4. The van der Waals surface area contributed by atoms with E-state index in [9.17, 15) is 0 Å². The van der Waals surface area contributed by atoms with Gasteiger partial charge in [0.15, 0.2) is 5.65 Å². The van der Waals surface area contributed by atoms with E-state index in [1.54, 1.807) is 4.63 Å². The zero-order valence-electron chi connectivity index (χ0n) is 24.3. The zero-order chi connectivity index (χ0) is 28.4. The lowest BCUT2D eigenvalue weighted by Crippen LogP contribution is -2.24. The molecule has 6 nitrogen and oxygen atoms in total. The van der Waals surface area contributed by atoms with Crippen molar-refractivity contribution in [2.75, 3.05) is 9.80 Å². The molecule has 0 saturated carbocycles. The van der Waals surface area contributed by atoms with Gasteiger partial charge in [0.1, 0.15) is 11.6 Å². The average Bonchev–Trinajstić information content (AvgIpc) is 3.54. The SMILES string of the molecule is Cc1nc2/c(=C\C=C3N(c4c(C)cccc4C)c4cc5ccccc5cc4N3c3c(C)cccc3C)c(C)nn2n1. The van der Waals surface area contributed by atoms with Crippen molar-refractivity contribution in [1.82, 2.24) is 19.8 Å². The third kappa shape index (κ3) is 3.90. The number of hydrogen-bond donors (Lipinski definition) is 0. The summed E-state index contributed by atoms with van der Waals surface area (Å²) >= 11 is 0. The molecule has 2 aromatic heterocycles. The molecule has 1 aliphatic heterocycles. The van der Waals surface area contributed by atoms with Crippen molar-refractivity contribution >= 4 is 45.2 Å². The second-order valence-electron chi connectivity index (χ2n) is 11.0. The Bertz CT molecular complexity index is 1940. The highest BCUT2D eigenvalue weighted by Crippen LogP contribution is 2.53. The Morgan fingerprint density at radius 1 is 0.585 bits per heavy atom. The Balaban J connectivity index is 1.60. The molecule has 0 amide bonds. The van der Waals surface area contributed by atoms with Crippen LogP contribution in [-0.4, -0.2) is 19.8 Å². The van der Waals surface area contributed by atoms with E-state index in [1.165, 1.54) is 44.4 Å². The molecule has 0 radical (unpaired) electrons. The number of para-hydroxylation sites is 2. The number of nitrogens with zero attached hydrogens (tertiary/aromatic N) is 6. The highest BCUT2D eigenvalue weighted by Gasteiger charge is 2.36. The van der Waals surface area contributed by atoms with Crippen molar-refractivity contribution in [3.05, 3.63) is 124 Å². The fourth-order valence-corrected chi connectivity index (χ4v) is 6.21. The van der Waals surface area contributed by atoms with Gasteiger partial charge < -0.3 is 0 Å². The summed E-state index contributed by atoms with van der Waals surface area (Å²) in [5, 5.41) is 12.5. The average molecular weight is 537 g/mol. The molecule has 202 valence electrons. The van der Waals surface area contributed by atoms with E-state index in [1.807, 2.05) is 13.8 Å². The van der Waals surface area contributed by atoms with Crippen LogP contribution in [0.5, 0.6) is 0 Å². The number of benzene rings is 4. The van der Waals surface area contributed by atoms with Crippen LogP contribution < -0.4 is 15.0 Å². The van der Waals surface area contributed by atoms with Crippen LogP contribution >= 0.6 is 0 Å². The van der Waals surface area contributed by atoms with E-state index in [0.717, 1.165) is 33.8 Å². The van der Waals surface area contributed by atoms with E-state index >= 15 is 0 Å². The molecule has 0 saturated heterocycles. The smallest absolute Gasteiger partial charge is 0.185 e. The first-order valence-corrected chi connectivity index (χ1v) is 14.0. The predicted octanol–water partition coefficient (Wildman–Crippen LogP) is 7.46. The van der Waals surface area contributed by atoms with Crippen LogP contribution in [0.1, 0.15) is 33.8 Å². The molecule has 0 spiro atoms. The van der Waals surface area contributed by atoms with Gasteiger partial charge in [-0.1, -0.05) is 60.7 Å². The fourth-order valence-electron chi connectivity index (χ4n) is 6.21. The van der Waals surface area contributed by atoms with Gasteiger partial charge in [0.2, 0.25) is 0 Å². The van der Waals surface area contributed by atoms with Gasteiger partial charge in [-0.2, -0.15) is 5.10 Å². The standard InChI is InChI=1S/C35H32N6/c1-21-11-9-12-22(2)33(21)39-30-19-27-15-7-8-16-28(27)20-31(30)40(34-23(3)13-10-14-24(34)4)32(39)18-17-29-25(5)37-41-35(29)36-26(6)38-41/h7-20H,1-6H3/b29-17-. The Morgan fingerprint density at radius 2 is 1.10 bits per heavy atom. The Labute approximate surface area is 239 Å². The van der Waals surface area contributed by atoms with Gasteiger partial charge in [-0.15, -0.1) is 9.73 Å². The lowest BCUT2D eigenvalue weighted by molar-refractivity contribution is 0.793. The summed E-state index contributed by atoms with van der Waals surface area (Å²) in [6.07, 6.45) is 4.37. The van der Waals surface area contributed by atoms with Gasteiger partial charge in [-0.3, -0.25) is 9.80 Å². The van der Waals surface area contributed by atoms with E-state index < -0.39 is 0 Å². The molecule has 0 unspecified atom stereocenters. The molecule has 7 rings (SSSR count). The zero-order valence-corrected chi connectivity index (χ0v) is 24.3. The molecule has 0 bridgehead atoms. The Kier molecular flexibility index (Phi) is 5.68. The van der Waals surface area contributed by atoms with Crippen molar-refractivity contribution in [2.45, 2.75) is 41.5 Å². The highest BCUT2D eigenvalue weighted by atomic mass is 15.5. The first-order chi connectivity index (χ1) is 19.8. The number of rotatable bonds is 3. The maximum Gasteiger partial charge on any atom is 0.185 e. The summed E-state index contributed by atoms with van der Waals surface area (Å²) in [5.74, 6) is 1.77. The van der Waals surface area contributed by atoms with Gasteiger partial charge in [0, 0.05) is 5.22 Å². The van der Waals surface area contributed by atoms with Crippen molar-refractivity contribution in [1.29, 1.82) is 0 Å². The fraction of sp³-hybridized carbons (Fsp3) is 0.171. The topological polar surface area (TPSA) is 49.6 Å². The minimum atomic E-state index is 0.712. The third-order valence-corrected chi connectivity index (χ3v) is 8.08. The molecule has 4 aromatic carbocycles. The van der Waals surface area contributed by atoms with Crippen molar-refractivity contribution in [3.63, 3.8) is 0 Å². The van der Waals surface area contributed by atoms with Crippen LogP contribution in [0.4, 0.5) is 22.7 Å². The summed E-state index contributed by atoms with van der Waals surface area (Å²) in [6.45, 7) is 12.7. The van der Waals surface area contributed by atoms with Crippen LogP contribution in [0.25, 0.3) is 22.5 Å². The molecular weight excluding hydrogens is 504 g/mol. The van der Waals surface area contributed by atoms with E-state index in [4.69, 9.17) is 0 Å². The quantitative estimate of drug-likeness (QED) is 0.235. The second-order valence-corrected chi connectivity index (χ2v) is 11.0. The van der Waals surface area contributed by atoms with Crippen molar-refractivity contribution in [2.24, 2.45) is 0 Å². The van der Waals surface area contributed by atoms with E-state index in [-0.39, 0.29) is 0 Å². The van der Waals surface area contributed by atoms with Crippen molar-refractivity contribution < 1.29 is 0 Å². The van der Waals surface area contributed by atoms with Crippen LogP contribution in [0.3, 0.4) is 0 Å². The summed E-state index contributed by atoms with van der Waals surface area (Å²) < 4.78 is 1.64. The maximum absolute atomic E-state index is 4.67. The molecule has 0 aliphatic carbocycles. The second kappa shape index (κ2) is 9.30. The lowest BCUT2D eigenvalue weighted by Gasteiger charge is -2.29. The first kappa shape index (κ1) is 25.0. The van der Waals surface area contributed by atoms with Crippen LogP contribution in [0.15, 0.2) is 84.7 Å². The molecule has 3 heterocycles. The molecule has 0 fully saturated rings. The molecule has 0 atom stereocenters. The van der Waals surface area contributed by atoms with Gasteiger partial charge in [0.25, 0.3) is 0 Å².